The fourth-order valence-electron chi connectivity index (χ4n) is 0.645. The molecule has 0 aliphatic rings. The fourth-order valence-corrected chi connectivity index (χ4v) is 3.31. The molecule has 66 valence electrons. The first-order valence-electron chi connectivity index (χ1n) is 3.24. The minimum absolute atomic E-state index is 0.845. The van der Waals surface area contributed by atoms with Crippen molar-refractivity contribution in [2.24, 2.45) is 0 Å². The van der Waals surface area contributed by atoms with Gasteiger partial charge in [0.25, 0.3) is 0 Å². The summed E-state index contributed by atoms with van der Waals surface area (Å²) in [4.78, 5) is 0.845. The third kappa shape index (κ3) is 3.20. The number of hydrogen-bond donors (Lipinski definition) is 0. The third-order valence-corrected chi connectivity index (χ3v) is 5.08. The molecule has 0 heterocycles. The SMILES string of the molecule is COP(=O)(Cl)Sc1ccccc1. The van der Waals surface area contributed by atoms with Crippen molar-refractivity contribution >= 4 is 28.5 Å². The van der Waals surface area contributed by atoms with Crippen molar-refractivity contribution in [1.29, 1.82) is 0 Å². The fraction of sp³-hybridized carbons (Fsp3) is 0.143. The van der Waals surface area contributed by atoms with Gasteiger partial charge in [0.1, 0.15) is 0 Å². The maximum atomic E-state index is 11.3. The zero-order valence-corrected chi connectivity index (χ0v) is 8.90. The van der Waals surface area contributed by atoms with Crippen molar-refractivity contribution in [2.75, 3.05) is 7.11 Å². The van der Waals surface area contributed by atoms with Crippen LogP contribution in [0.25, 0.3) is 0 Å². The van der Waals surface area contributed by atoms with Gasteiger partial charge in [-0.1, -0.05) is 18.2 Å². The molecule has 0 aliphatic carbocycles. The number of rotatable bonds is 3. The summed E-state index contributed by atoms with van der Waals surface area (Å²) in [5.41, 5.74) is 0. The molecular formula is C7H8ClO2PS. The van der Waals surface area contributed by atoms with E-state index in [9.17, 15) is 4.57 Å². The van der Waals surface area contributed by atoms with Gasteiger partial charge in [0.05, 0.1) is 0 Å². The zero-order chi connectivity index (χ0) is 9.03. The number of benzene rings is 1. The Morgan fingerprint density at radius 2 is 2.00 bits per heavy atom. The first-order chi connectivity index (χ1) is 5.64. The Kier molecular flexibility index (Phi) is 3.66. The molecule has 0 spiro atoms. The van der Waals surface area contributed by atoms with Gasteiger partial charge in [0.15, 0.2) is 0 Å². The molecule has 0 radical (unpaired) electrons. The van der Waals surface area contributed by atoms with Crippen molar-refractivity contribution < 1.29 is 9.09 Å². The minimum atomic E-state index is -3.01. The third-order valence-electron chi connectivity index (χ3n) is 1.18. The predicted octanol–water partition coefficient (Wildman–Crippen LogP) is 3.77. The second kappa shape index (κ2) is 4.33. The van der Waals surface area contributed by atoms with Gasteiger partial charge in [-0.25, -0.2) is 0 Å². The normalized spacial score (nSPS) is 15.5. The Labute approximate surface area is 80.3 Å². The van der Waals surface area contributed by atoms with E-state index in [1.165, 1.54) is 7.11 Å². The Hall–Kier alpha value is 0.0500. The molecule has 12 heavy (non-hydrogen) atoms. The van der Waals surface area contributed by atoms with E-state index in [1.807, 2.05) is 30.3 Å². The molecule has 0 amide bonds. The highest BCUT2D eigenvalue weighted by Crippen LogP contribution is 2.66. The minimum Gasteiger partial charge on any atom is -0.313 e. The van der Waals surface area contributed by atoms with Crippen molar-refractivity contribution in [3.8, 4) is 0 Å². The van der Waals surface area contributed by atoms with Gasteiger partial charge in [0.2, 0.25) is 0 Å². The molecule has 1 rings (SSSR count). The lowest BCUT2D eigenvalue weighted by Crippen LogP contribution is -1.71. The van der Waals surface area contributed by atoms with E-state index < -0.39 is 5.92 Å². The summed E-state index contributed by atoms with van der Waals surface area (Å²) in [5.74, 6) is -3.01. The number of hydrogen-bond acceptors (Lipinski definition) is 3. The lowest BCUT2D eigenvalue weighted by Gasteiger charge is -2.05. The maximum Gasteiger partial charge on any atom is 0.350 e. The van der Waals surface area contributed by atoms with Crippen LogP contribution in [0, 0.1) is 0 Å². The van der Waals surface area contributed by atoms with Crippen molar-refractivity contribution in [2.45, 2.75) is 4.90 Å². The molecule has 0 saturated heterocycles. The van der Waals surface area contributed by atoms with E-state index in [0.29, 0.717) is 0 Å². The molecule has 0 N–H and O–H groups in total. The maximum absolute atomic E-state index is 11.3. The van der Waals surface area contributed by atoms with Crippen LogP contribution in [-0.2, 0) is 9.09 Å². The Balaban J connectivity index is 2.71. The van der Waals surface area contributed by atoms with Crippen LogP contribution in [0.4, 0.5) is 0 Å². The Morgan fingerprint density at radius 1 is 1.42 bits per heavy atom. The van der Waals surface area contributed by atoms with Gasteiger partial charge in [-0.15, -0.1) is 0 Å². The highest BCUT2D eigenvalue weighted by atomic mass is 35.7. The number of halogens is 1. The van der Waals surface area contributed by atoms with Crippen molar-refractivity contribution in [3.05, 3.63) is 30.3 Å². The van der Waals surface area contributed by atoms with Gasteiger partial charge >= 0.3 is 5.92 Å². The molecule has 1 unspecified atom stereocenters. The molecule has 0 fully saturated rings. The van der Waals surface area contributed by atoms with Gasteiger partial charge in [0, 0.05) is 12.0 Å². The molecule has 2 nitrogen and oxygen atoms in total. The molecule has 0 saturated carbocycles. The van der Waals surface area contributed by atoms with Gasteiger partial charge in [-0.3, -0.25) is 4.57 Å². The van der Waals surface area contributed by atoms with E-state index in [4.69, 9.17) is 11.2 Å². The van der Waals surface area contributed by atoms with Crippen LogP contribution < -0.4 is 0 Å². The van der Waals surface area contributed by atoms with Gasteiger partial charge < -0.3 is 4.52 Å². The summed E-state index contributed by atoms with van der Waals surface area (Å²) in [5, 5.41) is 0. The zero-order valence-electron chi connectivity index (χ0n) is 6.44. The Morgan fingerprint density at radius 3 is 2.50 bits per heavy atom. The van der Waals surface area contributed by atoms with Crippen LogP contribution in [0.1, 0.15) is 0 Å². The van der Waals surface area contributed by atoms with Crippen molar-refractivity contribution in [3.63, 3.8) is 0 Å². The molecule has 0 aliphatic heterocycles. The second-order valence-corrected chi connectivity index (χ2v) is 7.82. The monoisotopic (exact) mass is 222 g/mol. The first-order valence-corrected chi connectivity index (χ1v) is 7.19. The van der Waals surface area contributed by atoms with E-state index >= 15 is 0 Å². The Bertz CT molecular complexity index is 291. The summed E-state index contributed by atoms with van der Waals surface area (Å²) in [6.45, 7) is 0. The quantitative estimate of drug-likeness (QED) is 0.729. The van der Waals surface area contributed by atoms with E-state index in [-0.39, 0.29) is 0 Å². The van der Waals surface area contributed by atoms with Crippen LogP contribution in [0.2, 0.25) is 0 Å². The van der Waals surface area contributed by atoms with E-state index in [2.05, 4.69) is 4.52 Å². The summed E-state index contributed by atoms with van der Waals surface area (Å²) in [7, 11) is 1.34. The summed E-state index contributed by atoms with van der Waals surface area (Å²) in [6, 6.07) is 9.26. The smallest absolute Gasteiger partial charge is 0.313 e. The average molecular weight is 223 g/mol. The summed E-state index contributed by atoms with van der Waals surface area (Å²) in [6.07, 6.45) is 0. The molecule has 1 aromatic rings. The first kappa shape index (κ1) is 10.1. The topological polar surface area (TPSA) is 26.3 Å². The largest absolute Gasteiger partial charge is 0.350 e. The van der Waals surface area contributed by atoms with Crippen LogP contribution in [-0.4, -0.2) is 7.11 Å². The molecular weight excluding hydrogens is 215 g/mol. The van der Waals surface area contributed by atoms with E-state index in [1.54, 1.807) is 0 Å². The average Bonchev–Trinajstić information content (AvgIpc) is 2.06. The molecule has 1 atom stereocenters. The van der Waals surface area contributed by atoms with Crippen molar-refractivity contribution in [1.82, 2.24) is 0 Å². The van der Waals surface area contributed by atoms with Crippen LogP contribution in [0.5, 0.6) is 0 Å². The van der Waals surface area contributed by atoms with E-state index in [0.717, 1.165) is 16.3 Å². The summed E-state index contributed by atoms with van der Waals surface area (Å²) >= 11 is 6.60. The molecule has 0 bridgehead atoms. The lowest BCUT2D eigenvalue weighted by atomic mass is 10.4. The highest BCUT2D eigenvalue weighted by Gasteiger charge is 2.18. The second-order valence-electron chi connectivity index (χ2n) is 2.02. The standard InChI is InChI=1S/C7H8ClO2PS/c1-10-11(8,9)12-7-5-3-2-4-6-7/h2-6H,1H3. The predicted molar refractivity (Wildman–Crippen MR) is 52.8 cm³/mol. The molecule has 5 heteroatoms. The van der Waals surface area contributed by atoms with Gasteiger partial charge in [-0.05, 0) is 34.8 Å². The highest BCUT2D eigenvalue weighted by molar-refractivity contribution is 8.63. The van der Waals surface area contributed by atoms with Crippen LogP contribution >= 0.6 is 28.5 Å². The van der Waals surface area contributed by atoms with Crippen LogP contribution in [0.3, 0.4) is 0 Å². The summed E-state index contributed by atoms with van der Waals surface area (Å²) < 4.78 is 15.9. The van der Waals surface area contributed by atoms with Gasteiger partial charge in [-0.2, -0.15) is 0 Å². The molecule has 0 aromatic heterocycles. The lowest BCUT2D eigenvalue weighted by molar-refractivity contribution is 0.423. The van der Waals surface area contributed by atoms with Crippen LogP contribution in [0.15, 0.2) is 35.2 Å². The molecule has 1 aromatic carbocycles.